The number of carbonyl (C=O) groups excluding carboxylic acids is 1. The lowest BCUT2D eigenvalue weighted by Crippen LogP contribution is -2.38. The van der Waals surface area contributed by atoms with Gasteiger partial charge in [0.15, 0.2) is 5.96 Å². The Labute approximate surface area is 170 Å². The molecule has 2 aromatic rings. The maximum atomic E-state index is 12.9. The molecule has 150 valence electrons. The Balaban J connectivity index is 1.64. The van der Waals surface area contributed by atoms with Crippen LogP contribution in [0.2, 0.25) is 0 Å². The summed E-state index contributed by atoms with van der Waals surface area (Å²) in [6.07, 6.45) is 1.77. The Morgan fingerprint density at radius 2 is 1.86 bits per heavy atom. The molecule has 0 aliphatic carbocycles. The fraction of sp³-hybridized carbons (Fsp3) is 0.333. The van der Waals surface area contributed by atoms with Crippen LogP contribution in [-0.2, 0) is 6.42 Å². The Hall–Kier alpha value is -2.54. The van der Waals surface area contributed by atoms with E-state index in [-0.39, 0.29) is 11.7 Å². The van der Waals surface area contributed by atoms with Crippen molar-refractivity contribution in [2.75, 3.05) is 32.9 Å². The number of nitrogens with one attached hydrogen (secondary N) is 3. The monoisotopic (exact) mass is 402 g/mol. The smallest absolute Gasteiger partial charge is 0.251 e. The molecule has 2 aromatic carbocycles. The summed E-state index contributed by atoms with van der Waals surface area (Å²) in [6, 6.07) is 14.2. The average molecular weight is 403 g/mol. The van der Waals surface area contributed by atoms with Crippen LogP contribution < -0.4 is 16.0 Å². The molecule has 0 bridgehead atoms. The highest BCUT2D eigenvalue weighted by molar-refractivity contribution is 7.99. The van der Waals surface area contributed by atoms with Crippen LogP contribution in [-0.4, -0.2) is 44.8 Å². The van der Waals surface area contributed by atoms with Crippen molar-refractivity contribution in [1.29, 1.82) is 0 Å². The Morgan fingerprint density at radius 3 is 2.57 bits per heavy atom. The van der Waals surface area contributed by atoms with E-state index in [0.717, 1.165) is 48.1 Å². The molecule has 5 nitrogen and oxygen atoms in total. The summed E-state index contributed by atoms with van der Waals surface area (Å²) in [5.74, 6) is 1.42. The van der Waals surface area contributed by atoms with E-state index in [0.29, 0.717) is 5.56 Å². The fourth-order valence-electron chi connectivity index (χ4n) is 2.56. The predicted molar refractivity (Wildman–Crippen MR) is 115 cm³/mol. The van der Waals surface area contributed by atoms with E-state index in [4.69, 9.17) is 0 Å². The van der Waals surface area contributed by atoms with Crippen LogP contribution in [0.1, 0.15) is 22.3 Å². The quantitative estimate of drug-likeness (QED) is 0.261. The van der Waals surface area contributed by atoms with Gasteiger partial charge in [0.1, 0.15) is 5.82 Å². The average Bonchev–Trinajstić information content (AvgIpc) is 2.73. The van der Waals surface area contributed by atoms with Crippen molar-refractivity contribution in [1.82, 2.24) is 16.0 Å². The van der Waals surface area contributed by atoms with E-state index in [1.165, 1.54) is 12.1 Å². The summed E-state index contributed by atoms with van der Waals surface area (Å²) in [6.45, 7) is 1.53. The van der Waals surface area contributed by atoms with Crippen LogP contribution in [0.25, 0.3) is 0 Å². The van der Waals surface area contributed by atoms with Gasteiger partial charge in [-0.3, -0.25) is 9.79 Å². The molecule has 0 saturated heterocycles. The number of halogens is 1. The van der Waals surface area contributed by atoms with Gasteiger partial charge in [0, 0.05) is 37.6 Å². The second-order valence-electron chi connectivity index (χ2n) is 6.11. The van der Waals surface area contributed by atoms with E-state index in [1.54, 1.807) is 44.1 Å². The minimum atomic E-state index is -0.207. The molecule has 0 heterocycles. The van der Waals surface area contributed by atoms with Crippen molar-refractivity contribution in [3.63, 3.8) is 0 Å². The Bertz CT molecular complexity index is 780. The van der Waals surface area contributed by atoms with Crippen molar-refractivity contribution >= 4 is 23.6 Å². The lowest BCUT2D eigenvalue weighted by Gasteiger charge is -2.12. The first-order valence-corrected chi connectivity index (χ1v) is 10.2. The molecule has 2 rings (SSSR count). The highest BCUT2D eigenvalue weighted by atomic mass is 32.2. The molecular weight excluding hydrogens is 375 g/mol. The highest BCUT2D eigenvalue weighted by Gasteiger charge is 2.04. The second-order valence-corrected chi connectivity index (χ2v) is 7.28. The molecule has 0 aliphatic rings. The standard InChI is InChI=1S/C21H27FN4OS/c1-23-20(27)17-6-3-5-16(15-17)11-13-26-21(24-2)25-12-4-14-28-19-9-7-18(22)8-10-19/h3,5-10,15H,4,11-14H2,1-2H3,(H,23,27)(H2,24,25,26). The lowest BCUT2D eigenvalue weighted by molar-refractivity contribution is 0.0963. The summed E-state index contributed by atoms with van der Waals surface area (Å²) in [5.41, 5.74) is 1.76. The van der Waals surface area contributed by atoms with E-state index in [9.17, 15) is 9.18 Å². The lowest BCUT2D eigenvalue weighted by atomic mass is 10.1. The van der Waals surface area contributed by atoms with E-state index >= 15 is 0 Å². The number of guanidine groups is 1. The van der Waals surface area contributed by atoms with Crippen LogP contribution in [0.3, 0.4) is 0 Å². The summed E-state index contributed by atoms with van der Waals surface area (Å²) < 4.78 is 12.9. The number of carbonyl (C=O) groups is 1. The van der Waals surface area contributed by atoms with Crippen LogP contribution in [0, 0.1) is 5.82 Å². The molecular formula is C21H27FN4OS. The number of hydrogen-bond donors (Lipinski definition) is 3. The molecule has 7 heteroatoms. The molecule has 0 radical (unpaired) electrons. The summed E-state index contributed by atoms with van der Waals surface area (Å²) in [4.78, 5) is 17.0. The highest BCUT2D eigenvalue weighted by Crippen LogP contribution is 2.18. The molecule has 0 saturated carbocycles. The van der Waals surface area contributed by atoms with Crippen molar-refractivity contribution in [3.05, 3.63) is 65.5 Å². The van der Waals surface area contributed by atoms with Gasteiger partial charge in [-0.15, -0.1) is 11.8 Å². The molecule has 3 N–H and O–H groups in total. The number of hydrogen-bond acceptors (Lipinski definition) is 3. The minimum Gasteiger partial charge on any atom is -0.356 e. The third-order valence-corrected chi connectivity index (χ3v) is 5.14. The number of aliphatic imine (C=N–C) groups is 1. The summed E-state index contributed by atoms with van der Waals surface area (Å²) >= 11 is 1.71. The maximum absolute atomic E-state index is 12.9. The van der Waals surface area contributed by atoms with Gasteiger partial charge in [0.25, 0.3) is 5.91 Å². The maximum Gasteiger partial charge on any atom is 0.251 e. The first kappa shape index (κ1) is 21.8. The zero-order chi connectivity index (χ0) is 20.2. The first-order valence-electron chi connectivity index (χ1n) is 9.26. The molecule has 28 heavy (non-hydrogen) atoms. The molecule has 0 spiro atoms. The van der Waals surface area contributed by atoms with Crippen LogP contribution in [0.5, 0.6) is 0 Å². The van der Waals surface area contributed by atoms with Gasteiger partial charge < -0.3 is 16.0 Å². The third-order valence-electron chi connectivity index (χ3n) is 4.04. The summed E-state index contributed by atoms with van der Waals surface area (Å²) in [5, 5.41) is 9.21. The topological polar surface area (TPSA) is 65.5 Å². The number of amides is 1. The zero-order valence-electron chi connectivity index (χ0n) is 16.3. The Kier molecular flexibility index (Phi) is 9.34. The van der Waals surface area contributed by atoms with Crippen molar-refractivity contribution < 1.29 is 9.18 Å². The molecule has 1 amide bonds. The van der Waals surface area contributed by atoms with E-state index in [2.05, 4.69) is 20.9 Å². The fourth-order valence-corrected chi connectivity index (χ4v) is 3.41. The van der Waals surface area contributed by atoms with Gasteiger partial charge >= 0.3 is 0 Å². The second kappa shape index (κ2) is 12.0. The van der Waals surface area contributed by atoms with Gasteiger partial charge in [-0.2, -0.15) is 0 Å². The third kappa shape index (κ3) is 7.60. The molecule has 0 atom stereocenters. The van der Waals surface area contributed by atoms with Gasteiger partial charge in [-0.1, -0.05) is 12.1 Å². The van der Waals surface area contributed by atoms with Gasteiger partial charge in [-0.25, -0.2) is 4.39 Å². The minimum absolute atomic E-state index is 0.0780. The predicted octanol–water partition coefficient (Wildman–Crippen LogP) is 3.08. The number of nitrogens with zero attached hydrogens (tertiary/aromatic N) is 1. The van der Waals surface area contributed by atoms with Gasteiger partial charge in [0.2, 0.25) is 0 Å². The zero-order valence-corrected chi connectivity index (χ0v) is 17.1. The molecule has 0 aliphatic heterocycles. The summed E-state index contributed by atoms with van der Waals surface area (Å²) in [7, 11) is 3.37. The number of rotatable bonds is 9. The van der Waals surface area contributed by atoms with Gasteiger partial charge in [-0.05, 0) is 60.6 Å². The van der Waals surface area contributed by atoms with E-state index < -0.39 is 0 Å². The van der Waals surface area contributed by atoms with Crippen molar-refractivity contribution in [3.8, 4) is 0 Å². The molecule has 0 aromatic heterocycles. The molecule has 0 fully saturated rings. The normalized spacial score (nSPS) is 11.2. The molecule has 0 unspecified atom stereocenters. The van der Waals surface area contributed by atoms with Crippen LogP contribution in [0.4, 0.5) is 4.39 Å². The Morgan fingerprint density at radius 1 is 1.11 bits per heavy atom. The van der Waals surface area contributed by atoms with Crippen molar-refractivity contribution in [2.45, 2.75) is 17.7 Å². The van der Waals surface area contributed by atoms with Crippen LogP contribution in [0.15, 0.2) is 58.4 Å². The first-order chi connectivity index (χ1) is 13.6. The number of benzene rings is 2. The number of thioether (sulfide) groups is 1. The largest absolute Gasteiger partial charge is 0.356 e. The van der Waals surface area contributed by atoms with E-state index in [1.807, 2.05) is 18.2 Å². The SMILES string of the molecule is CN=C(NCCCSc1ccc(F)cc1)NCCc1cccc(C(=O)NC)c1. The van der Waals surface area contributed by atoms with Crippen LogP contribution >= 0.6 is 11.8 Å². The van der Waals surface area contributed by atoms with Gasteiger partial charge in [0.05, 0.1) is 0 Å². The van der Waals surface area contributed by atoms with Crippen molar-refractivity contribution in [2.24, 2.45) is 4.99 Å².